The number of ether oxygens (including phenoxy) is 2. The molecule has 0 aliphatic heterocycles. The molecule has 0 fully saturated rings. The topological polar surface area (TPSA) is 89.4 Å². The van der Waals surface area contributed by atoms with Crippen LogP contribution in [0.5, 0.6) is 11.5 Å². The van der Waals surface area contributed by atoms with Crippen molar-refractivity contribution in [3.63, 3.8) is 0 Å². The van der Waals surface area contributed by atoms with Gasteiger partial charge in [0.2, 0.25) is 0 Å². The third kappa shape index (κ3) is 6.89. The van der Waals surface area contributed by atoms with Crippen molar-refractivity contribution in [3.8, 4) is 33.8 Å². The molecule has 3 aromatic carbocycles. The summed E-state index contributed by atoms with van der Waals surface area (Å²) in [5.74, 6) is 0.409. The fourth-order valence-electron chi connectivity index (χ4n) is 6.30. The zero-order valence-electron chi connectivity index (χ0n) is 28.2. The number of carbonyl (C=O) groups is 1. The Morgan fingerprint density at radius 1 is 0.878 bits per heavy atom. The summed E-state index contributed by atoms with van der Waals surface area (Å²) in [4.78, 5) is 13.4. The van der Waals surface area contributed by atoms with Gasteiger partial charge in [-0.05, 0) is 103 Å². The number of fused-ring (bicyclic) bond motifs is 3. The van der Waals surface area contributed by atoms with E-state index in [2.05, 4.69) is 95.9 Å². The number of nitriles is 1. The van der Waals surface area contributed by atoms with Gasteiger partial charge >= 0.3 is 5.97 Å². The van der Waals surface area contributed by atoms with E-state index in [1.54, 1.807) is 20.3 Å². The second-order valence-corrected chi connectivity index (χ2v) is 13.1. The highest BCUT2D eigenvalue weighted by Gasteiger charge is 2.17. The number of methoxy groups -OCH3 is 2. The van der Waals surface area contributed by atoms with E-state index in [0.717, 1.165) is 91.4 Å². The van der Waals surface area contributed by atoms with Gasteiger partial charge < -0.3 is 23.7 Å². The predicted octanol–water partition coefficient (Wildman–Crippen LogP) is 10.2. The summed E-state index contributed by atoms with van der Waals surface area (Å²) in [6.07, 6.45) is 11.2. The minimum atomic E-state index is -1.21. The molecule has 0 atom stereocenters. The quantitative estimate of drug-likeness (QED) is 0.0751. The molecule has 0 aliphatic carbocycles. The molecule has 0 radical (unpaired) electrons. The van der Waals surface area contributed by atoms with Crippen molar-refractivity contribution in [3.05, 3.63) is 106 Å². The Labute approximate surface area is 290 Å². The first-order valence-electron chi connectivity index (χ1n) is 16.4. The SMILES string of the molecule is CCCCCCc1cc(C=C(C#N)C(=O)O)sc1-c1ccc(C=Cc2ccc(-n3c4ccc(OC)cc4c4cc(OC)ccc43)cc2)n1C. The van der Waals surface area contributed by atoms with Crippen LogP contribution in [0.1, 0.15) is 54.3 Å². The summed E-state index contributed by atoms with van der Waals surface area (Å²) >= 11 is 1.53. The first-order chi connectivity index (χ1) is 23.8. The zero-order valence-corrected chi connectivity index (χ0v) is 29.0. The normalized spacial score (nSPS) is 11.9. The van der Waals surface area contributed by atoms with E-state index in [-0.39, 0.29) is 5.57 Å². The van der Waals surface area contributed by atoms with E-state index >= 15 is 0 Å². The van der Waals surface area contributed by atoms with Crippen molar-refractivity contribution in [2.75, 3.05) is 14.2 Å². The summed E-state index contributed by atoms with van der Waals surface area (Å²) in [5.41, 5.74) is 7.36. The maximum Gasteiger partial charge on any atom is 0.346 e. The first kappa shape index (κ1) is 33.4. The molecule has 0 saturated heterocycles. The molecule has 248 valence electrons. The standard InChI is InChI=1S/C41H39N3O4S/c1-5-6-7-8-9-28-22-34(23-29(26-42)41(45)46)49-40(28)39-19-16-30(43(39)2)13-10-27-11-14-31(15-12-27)44-37-20-17-32(47-3)24-35(37)36-25-33(48-4)18-21-38(36)44/h10-25H,5-9H2,1-4H3,(H,45,46). The summed E-state index contributed by atoms with van der Waals surface area (Å²) in [6, 6.07) is 28.9. The van der Waals surface area contributed by atoms with Crippen LogP contribution in [-0.4, -0.2) is 34.4 Å². The molecule has 3 aromatic heterocycles. The van der Waals surface area contributed by atoms with E-state index in [9.17, 15) is 15.2 Å². The monoisotopic (exact) mass is 669 g/mol. The van der Waals surface area contributed by atoms with Crippen molar-refractivity contribution in [1.29, 1.82) is 5.26 Å². The number of thiophene rings is 1. The highest BCUT2D eigenvalue weighted by molar-refractivity contribution is 7.16. The number of rotatable bonds is 13. The minimum absolute atomic E-state index is 0.259. The molecule has 7 nitrogen and oxygen atoms in total. The van der Waals surface area contributed by atoms with Crippen LogP contribution < -0.4 is 9.47 Å². The highest BCUT2D eigenvalue weighted by Crippen LogP contribution is 2.38. The summed E-state index contributed by atoms with van der Waals surface area (Å²) in [6.45, 7) is 2.20. The number of unbranched alkanes of at least 4 members (excludes halogenated alkanes) is 3. The van der Waals surface area contributed by atoms with Gasteiger partial charge in [0, 0.05) is 34.1 Å². The van der Waals surface area contributed by atoms with Gasteiger partial charge in [-0.15, -0.1) is 11.3 Å². The van der Waals surface area contributed by atoms with Crippen LogP contribution >= 0.6 is 11.3 Å². The zero-order chi connectivity index (χ0) is 34.5. The number of nitrogens with zero attached hydrogens (tertiary/aromatic N) is 3. The molecule has 6 rings (SSSR count). The smallest absolute Gasteiger partial charge is 0.346 e. The molecular weight excluding hydrogens is 631 g/mol. The van der Waals surface area contributed by atoms with Crippen LogP contribution in [0.15, 0.2) is 84.4 Å². The van der Waals surface area contributed by atoms with E-state index in [0.29, 0.717) is 0 Å². The minimum Gasteiger partial charge on any atom is -0.497 e. The lowest BCUT2D eigenvalue weighted by Gasteiger charge is -2.09. The Morgan fingerprint density at radius 2 is 1.55 bits per heavy atom. The number of aryl methyl sites for hydroxylation is 1. The van der Waals surface area contributed by atoms with Gasteiger partial charge in [0.25, 0.3) is 0 Å². The first-order valence-corrected chi connectivity index (χ1v) is 17.3. The Balaban J connectivity index is 1.29. The molecular formula is C41H39N3O4S. The number of aliphatic carboxylic acids is 1. The highest BCUT2D eigenvalue weighted by atomic mass is 32.1. The largest absolute Gasteiger partial charge is 0.497 e. The Kier molecular flexibility index (Phi) is 10.0. The molecule has 0 bridgehead atoms. The van der Waals surface area contributed by atoms with Crippen molar-refractivity contribution in [2.45, 2.75) is 39.0 Å². The van der Waals surface area contributed by atoms with Crippen LogP contribution in [0.3, 0.4) is 0 Å². The summed E-state index contributed by atoms with van der Waals surface area (Å²) in [5, 5.41) is 20.9. The number of hydrogen-bond acceptors (Lipinski definition) is 5. The van der Waals surface area contributed by atoms with Gasteiger partial charge in [-0.1, -0.05) is 44.4 Å². The molecule has 0 spiro atoms. The Hall–Kier alpha value is -5.52. The fourth-order valence-corrected chi connectivity index (χ4v) is 7.52. The van der Waals surface area contributed by atoms with Gasteiger partial charge in [-0.25, -0.2) is 4.79 Å². The van der Waals surface area contributed by atoms with Crippen molar-refractivity contribution < 1.29 is 19.4 Å². The fraction of sp³-hybridized carbons (Fsp3) is 0.220. The molecule has 0 saturated carbocycles. The molecule has 0 unspecified atom stereocenters. The maximum atomic E-state index is 11.5. The third-order valence-electron chi connectivity index (χ3n) is 8.94. The van der Waals surface area contributed by atoms with Crippen LogP contribution in [0.25, 0.3) is 56.3 Å². The number of aromatic nitrogens is 2. The Bertz CT molecular complexity index is 2180. The van der Waals surface area contributed by atoms with Crippen molar-refractivity contribution >= 4 is 57.3 Å². The van der Waals surface area contributed by atoms with Gasteiger partial charge in [0.1, 0.15) is 23.1 Å². The lowest BCUT2D eigenvalue weighted by atomic mass is 10.1. The molecule has 1 N–H and O–H groups in total. The molecule has 0 aliphatic rings. The average molecular weight is 670 g/mol. The number of hydrogen-bond donors (Lipinski definition) is 1. The number of benzene rings is 3. The van der Waals surface area contributed by atoms with E-state index in [4.69, 9.17) is 9.47 Å². The van der Waals surface area contributed by atoms with Crippen molar-refractivity contribution in [2.24, 2.45) is 7.05 Å². The second kappa shape index (κ2) is 14.7. The van der Waals surface area contributed by atoms with E-state index < -0.39 is 5.97 Å². The number of carboxylic acids is 1. The Morgan fingerprint density at radius 3 is 2.14 bits per heavy atom. The van der Waals surface area contributed by atoms with E-state index in [1.165, 1.54) is 29.4 Å². The van der Waals surface area contributed by atoms with Crippen LogP contribution in [0.4, 0.5) is 0 Å². The molecule has 0 amide bonds. The molecule has 49 heavy (non-hydrogen) atoms. The molecule has 3 heterocycles. The van der Waals surface area contributed by atoms with Gasteiger partial charge in [0.05, 0.1) is 35.8 Å². The van der Waals surface area contributed by atoms with Crippen LogP contribution in [-0.2, 0) is 18.3 Å². The summed E-state index contributed by atoms with van der Waals surface area (Å²) < 4.78 is 15.5. The van der Waals surface area contributed by atoms with Gasteiger partial charge in [-0.3, -0.25) is 0 Å². The average Bonchev–Trinajstić information content (AvgIpc) is 3.80. The van der Waals surface area contributed by atoms with Crippen LogP contribution in [0.2, 0.25) is 0 Å². The molecule has 8 heteroatoms. The predicted molar refractivity (Wildman–Crippen MR) is 201 cm³/mol. The number of carboxylic acid groups (broad SMARTS) is 1. The van der Waals surface area contributed by atoms with E-state index in [1.807, 2.05) is 18.2 Å². The van der Waals surface area contributed by atoms with Gasteiger partial charge in [-0.2, -0.15) is 5.26 Å². The summed E-state index contributed by atoms with van der Waals surface area (Å²) in [7, 11) is 5.42. The van der Waals surface area contributed by atoms with Gasteiger partial charge in [0.15, 0.2) is 0 Å². The maximum absolute atomic E-state index is 11.5. The lowest BCUT2D eigenvalue weighted by molar-refractivity contribution is -0.132. The molecule has 6 aromatic rings. The second-order valence-electron chi connectivity index (χ2n) is 12.0. The third-order valence-corrected chi connectivity index (χ3v) is 10.1. The lowest BCUT2D eigenvalue weighted by Crippen LogP contribution is -1.96. The van der Waals surface area contributed by atoms with Crippen molar-refractivity contribution in [1.82, 2.24) is 9.13 Å². The van der Waals surface area contributed by atoms with Crippen LogP contribution in [0, 0.1) is 11.3 Å².